The van der Waals surface area contributed by atoms with Gasteiger partial charge in [-0.25, -0.2) is 0 Å². The molecule has 0 amide bonds. The Labute approximate surface area is 153 Å². The Bertz CT molecular complexity index is 1030. The zero-order valence-corrected chi connectivity index (χ0v) is 15.4. The first-order valence-corrected chi connectivity index (χ1v) is 11.2. The van der Waals surface area contributed by atoms with Crippen molar-refractivity contribution in [3.63, 3.8) is 0 Å². The zero-order chi connectivity index (χ0) is 18.2. The van der Waals surface area contributed by atoms with Crippen LogP contribution in [0.5, 0.6) is 5.75 Å². The summed E-state index contributed by atoms with van der Waals surface area (Å²) < 4.78 is 0. The van der Waals surface area contributed by atoms with E-state index in [0.29, 0.717) is 5.30 Å². The molecule has 0 aliphatic rings. The van der Waals surface area contributed by atoms with Crippen LogP contribution in [0.4, 0.5) is 0 Å². The molecule has 4 aromatic rings. The number of phenolic OH excluding ortho intramolecular Hbond substituents is 1. The molecule has 0 bridgehead atoms. The molecule has 0 aliphatic carbocycles. The van der Waals surface area contributed by atoms with Gasteiger partial charge in [0.05, 0.1) is 0 Å². The molecular weight excluding hydrogens is 339 g/mol. The normalized spacial score (nSPS) is 13.2. The number of aromatic hydroxyl groups is 1. The SMILES string of the molecule is CP([O])(c1ccccc1)(c1ccccc1)c1c(O)ccc2ccccc12. The molecular formula is C23H20O2P. The molecule has 4 rings (SSSR count). The van der Waals surface area contributed by atoms with Crippen LogP contribution in [0, 0.1) is 0 Å². The third kappa shape index (κ3) is 2.34. The molecule has 26 heavy (non-hydrogen) atoms. The predicted molar refractivity (Wildman–Crippen MR) is 111 cm³/mol. The number of phenols is 1. The maximum absolute atomic E-state index is 15.1. The van der Waals surface area contributed by atoms with Gasteiger partial charge in [-0.05, 0) is 0 Å². The molecule has 4 aromatic carbocycles. The summed E-state index contributed by atoms with van der Waals surface area (Å²) in [6.07, 6.45) is 0. The Morgan fingerprint density at radius 1 is 0.654 bits per heavy atom. The number of hydrogen-bond acceptors (Lipinski definition) is 1. The van der Waals surface area contributed by atoms with Crippen molar-refractivity contribution in [2.24, 2.45) is 0 Å². The van der Waals surface area contributed by atoms with Crippen LogP contribution in [0.15, 0.2) is 97.1 Å². The van der Waals surface area contributed by atoms with Gasteiger partial charge in [0.15, 0.2) is 0 Å². The van der Waals surface area contributed by atoms with Crippen molar-refractivity contribution >= 4 is 33.5 Å². The average molecular weight is 359 g/mol. The quantitative estimate of drug-likeness (QED) is 0.543. The standard InChI is InChI=1S/C23H20O2P/c1-26(25,19-11-4-2-5-12-19,20-13-6-3-7-14-20)23-21-15-9-8-10-18(21)16-17-22(23)24/h2-17,24H,1H3. The molecule has 1 N–H and O–H groups in total. The van der Waals surface area contributed by atoms with Crippen LogP contribution in [0.25, 0.3) is 10.8 Å². The second kappa shape index (κ2) is 5.95. The molecule has 0 aromatic heterocycles. The third-order valence-electron chi connectivity index (χ3n) is 5.17. The minimum absolute atomic E-state index is 0.0616. The van der Waals surface area contributed by atoms with Crippen molar-refractivity contribution in [2.45, 2.75) is 0 Å². The van der Waals surface area contributed by atoms with Crippen molar-refractivity contribution in [3.05, 3.63) is 97.1 Å². The van der Waals surface area contributed by atoms with Gasteiger partial charge in [-0.2, -0.15) is 0 Å². The molecule has 3 heteroatoms. The molecule has 0 saturated heterocycles. The Hall–Kier alpha value is -2.67. The van der Waals surface area contributed by atoms with Crippen LogP contribution >= 0.6 is 6.83 Å². The molecule has 0 saturated carbocycles. The second-order valence-corrected chi connectivity index (χ2v) is 11.2. The van der Waals surface area contributed by atoms with E-state index in [1.165, 1.54) is 0 Å². The number of hydrogen-bond donors (Lipinski definition) is 1. The Morgan fingerprint density at radius 3 is 1.73 bits per heavy atom. The second-order valence-electron chi connectivity index (χ2n) is 6.79. The van der Waals surface area contributed by atoms with Crippen LogP contribution in [0.1, 0.15) is 0 Å². The topological polar surface area (TPSA) is 40.1 Å². The van der Waals surface area contributed by atoms with Crippen LogP contribution in [0.2, 0.25) is 0 Å². The molecule has 0 fully saturated rings. The summed E-state index contributed by atoms with van der Waals surface area (Å²) in [6, 6.07) is 30.2. The van der Waals surface area contributed by atoms with E-state index in [4.69, 9.17) is 0 Å². The van der Waals surface area contributed by atoms with E-state index in [0.717, 1.165) is 21.4 Å². The number of fused-ring (bicyclic) bond motifs is 1. The third-order valence-corrected chi connectivity index (χ3v) is 9.80. The van der Waals surface area contributed by atoms with Crippen molar-refractivity contribution in [1.82, 2.24) is 0 Å². The molecule has 0 heterocycles. The van der Waals surface area contributed by atoms with E-state index in [1.807, 2.05) is 91.0 Å². The molecule has 0 spiro atoms. The maximum atomic E-state index is 15.1. The van der Waals surface area contributed by atoms with Gasteiger partial charge in [-0.1, -0.05) is 0 Å². The summed E-state index contributed by atoms with van der Waals surface area (Å²) >= 11 is 0. The Balaban J connectivity index is 2.21. The molecule has 0 atom stereocenters. The number of benzene rings is 4. The van der Waals surface area contributed by atoms with Gasteiger partial charge in [-0.3, -0.25) is 0 Å². The first-order chi connectivity index (χ1) is 12.5. The van der Waals surface area contributed by atoms with Gasteiger partial charge in [-0.15, -0.1) is 0 Å². The van der Waals surface area contributed by atoms with Crippen LogP contribution < -0.4 is 15.9 Å². The first kappa shape index (κ1) is 16.8. The summed E-state index contributed by atoms with van der Waals surface area (Å²) in [6.45, 7) is -2.31. The summed E-state index contributed by atoms with van der Waals surface area (Å²) in [7, 11) is 0. The van der Waals surface area contributed by atoms with Crippen molar-refractivity contribution in [3.8, 4) is 5.75 Å². The molecule has 0 aliphatic heterocycles. The van der Waals surface area contributed by atoms with Crippen molar-refractivity contribution in [1.29, 1.82) is 0 Å². The summed E-state index contributed by atoms with van der Waals surface area (Å²) in [4.78, 5) is 15.1. The molecule has 2 nitrogen and oxygen atoms in total. The van der Waals surface area contributed by atoms with Crippen LogP contribution in [-0.2, 0) is 4.89 Å². The van der Waals surface area contributed by atoms with E-state index in [-0.39, 0.29) is 5.75 Å². The van der Waals surface area contributed by atoms with Gasteiger partial charge < -0.3 is 0 Å². The Morgan fingerprint density at radius 2 is 1.15 bits per heavy atom. The van der Waals surface area contributed by atoms with Gasteiger partial charge in [0, 0.05) is 0 Å². The van der Waals surface area contributed by atoms with Gasteiger partial charge in [0.2, 0.25) is 0 Å². The average Bonchev–Trinajstić information content (AvgIpc) is 2.69. The van der Waals surface area contributed by atoms with E-state index >= 15 is 4.89 Å². The van der Waals surface area contributed by atoms with Gasteiger partial charge in [0.25, 0.3) is 0 Å². The Kier molecular flexibility index (Phi) is 3.84. The monoisotopic (exact) mass is 359 g/mol. The summed E-state index contributed by atoms with van der Waals surface area (Å²) in [5.74, 6) is 0.0616. The fourth-order valence-corrected chi connectivity index (χ4v) is 7.80. The molecule has 129 valence electrons. The fourth-order valence-electron chi connectivity index (χ4n) is 3.79. The van der Waals surface area contributed by atoms with Crippen molar-refractivity contribution in [2.75, 3.05) is 6.66 Å². The predicted octanol–water partition coefficient (Wildman–Crippen LogP) is 4.35. The first-order valence-electron chi connectivity index (χ1n) is 8.58. The van der Waals surface area contributed by atoms with Crippen LogP contribution in [0.3, 0.4) is 0 Å². The fraction of sp³-hybridized carbons (Fsp3) is 0.0435. The van der Waals surface area contributed by atoms with E-state index in [9.17, 15) is 5.11 Å². The van der Waals surface area contributed by atoms with E-state index in [2.05, 4.69) is 0 Å². The molecule has 0 unspecified atom stereocenters. The summed E-state index contributed by atoms with van der Waals surface area (Å²) in [5.41, 5.74) is 0. The minimum atomic E-state index is -4.10. The molecule has 1 radical (unpaired) electrons. The van der Waals surface area contributed by atoms with Gasteiger partial charge in [0.1, 0.15) is 0 Å². The zero-order valence-electron chi connectivity index (χ0n) is 14.5. The van der Waals surface area contributed by atoms with Crippen LogP contribution in [-0.4, -0.2) is 11.8 Å². The van der Waals surface area contributed by atoms with Gasteiger partial charge >= 0.3 is 153 Å². The van der Waals surface area contributed by atoms with E-state index in [1.54, 1.807) is 12.7 Å². The van der Waals surface area contributed by atoms with Crippen molar-refractivity contribution < 1.29 is 10.00 Å². The summed E-state index contributed by atoms with van der Waals surface area (Å²) in [5, 5.41) is 14.6. The number of rotatable bonds is 3. The van der Waals surface area contributed by atoms with E-state index < -0.39 is 6.83 Å².